The number of aromatic nitrogens is 3. The molecule has 1 aromatic heterocycles. The Morgan fingerprint density at radius 1 is 1.06 bits per heavy atom. The van der Waals surface area contributed by atoms with Crippen LogP contribution in [0.5, 0.6) is 0 Å². The van der Waals surface area contributed by atoms with Gasteiger partial charge in [0.15, 0.2) is 0 Å². The van der Waals surface area contributed by atoms with Crippen molar-refractivity contribution in [3.63, 3.8) is 0 Å². The van der Waals surface area contributed by atoms with E-state index in [0.29, 0.717) is 5.56 Å². The van der Waals surface area contributed by atoms with E-state index >= 15 is 0 Å². The van der Waals surface area contributed by atoms with Crippen LogP contribution >= 0.6 is 15.9 Å². The van der Waals surface area contributed by atoms with E-state index in [4.69, 9.17) is 0 Å². The summed E-state index contributed by atoms with van der Waals surface area (Å²) in [7, 11) is 0. The van der Waals surface area contributed by atoms with Crippen LogP contribution in [0, 0.1) is 5.82 Å². The highest BCUT2D eigenvalue weighted by Gasteiger charge is 2.31. The minimum Gasteiger partial charge on any atom is -0.346 e. The number of benzene rings is 2. The van der Waals surface area contributed by atoms with Crippen LogP contribution in [0.15, 0.2) is 58.1 Å². The van der Waals surface area contributed by atoms with Gasteiger partial charge in [0.2, 0.25) is 10.6 Å². The van der Waals surface area contributed by atoms with Crippen molar-refractivity contribution in [2.45, 2.75) is 38.7 Å². The van der Waals surface area contributed by atoms with Gasteiger partial charge in [0.25, 0.3) is 0 Å². The van der Waals surface area contributed by atoms with Crippen molar-refractivity contribution >= 4 is 21.8 Å². The summed E-state index contributed by atoms with van der Waals surface area (Å²) in [5.41, 5.74) is -1.68. The first-order valence-corrected chi connectivity index (χ1v) is 10.2. The van der Waals surface area contributed by atoms with Crippen molar-refractivity contribution in [1.29, 1.82) is 0 Å². The van der Waals surface area contributed by atoms with Gasteiger partial charge in [0.1, 0.15) is 12.4 Å². The highest BCUT2D eigenvalue weighted by Crippen LogP contribution is 2.30. The third kappa shape index (κ3) is 5.26. The van der Waals surface area contributed by atoms with Gasteiger partial charge in [0.05, 0.1) is 17.6 Å². The maximum absolute atomic E-state index is 13.9. The first-order valence-electron chi connectivity index (χ1n) is 9.44. The fourth-order valence-corrected chi connectivity index (χ4v) is 3.59. The molecule has 170 valence electrons. The Balaban J connectivity index is 1.73. The first-order chi connectivity index (χ1) is 14.9. The van der Waals surface area contributed by atoms with Crippen LogP contribution in [-0.2, 0) is 29.6 Å². The molecule has 2 aromatic carbocycles. The fourth-order valence-electron chi connectivity index (χ4n) is 3.12. The molecule has 3 rings (SSSR count). The number of hydrogen-bond donors (Lipinski definition) is 1. The number of hydrogen-bond acceptors (Lipinski definition) is 3. The summed E-state index contributed by atoms with van der Waals surface area (Å²) < 4.78 is 54.4. The van der Waals surface area contributed by atoms with Gasteiger partial charge in [-0.15, -0.1) is 5.10 Å². The highest BCUT2D eigenvalue weighted by atomic mass is 79.9. The maximum Gasteiger partial charge on any atom is 0.416 e. The Hall–Kier alpha value is -2.95. The summed E-state index contributed by atoms with van der Waals surface area (Å²) in [6, 6.07) is 10.4. The molecule has 0 bridgehead atoms. The van der Waals surface area contributed by atoms with Gasteiger partial charge in [-0.1, -0.05) is 30.3 Å². The summed E-state index contributed by atoms with van der Waals surface area (Å²) in [6.07, 6.45) is -4.46. The molecule has 0 saturated carbocycles. The number of carbonyl (C=O) groups excluding carboxylic acids is 1. The van der Waals surface area contributed by atoms with Crippen LogP contribution < -0.4 is 11.0 Å². The van der Waals surface area contributed by atoms with Gasteiger partial charge in [-0.25, -0.2) is 13.9 Å². The molecule has 32 heavy (non-hydrogen) atoms. The van der Waals surface area contributed by atoms with Crippen molar-refractivity contribution < 1.29 is 22.4 Å². The number of amides is 1. The molecular formula is C21H19BrF4N4O2. The van der Waals surface area contributed by atoms with E-state index in [0.717, 1.165) is 16.8 Å². The number of halogens is 5. The molecule has 0 radical (unpaired) electrons. The first kappa shape index (κ1) is 23.7. The molecule has 0 spiro atoms. The summed E-state index contributed by atoms with van der Waals surface area (Å²) in [5.74, 6) is -1.05. The van der Waals surface area contributed by atoms with Crippen molar-refractivity contribution in [3.05, 3.63) is 86.3 Å². The molecule has 3 aromatic rings. The average molecular weight is 515 g/mol. The molecule has 0 aliphatic rings. The molecule has 1 heterocycles. The van der Waals surface area contributed by atoms with Crippen LogP contribution in [-0.4, -0.2) is 20.3 Å². The molecule has 0 saturated heterocycles. The number of nitrogens with one attached hydrogen (secondary N) is 1. The molecule has 11 heteroatoms. The monoisotopic (exact) mass is 514 g/mol. The standard InChI is InChI=1S/C21H19BrF4N4O2/c1-20(2,14-7-9-15(10-8-14)21(24,25)26)27-17(31)12-30-19(32)29(18(22)28-30)11-13-5-3-4-6-16(13)23/h3-10H,11-12H2,1-2H3,(H,27,31). The Bertz CT molecular complexity index is 1180. The van der Waals surface area contributed by atoms with Gasteiger partial charge in [-0.3, -0.25) is 9.36 Å². The molecule has 0 atom stereocenters. The van der Waals surface area contributed by atoms with Crippen LogP contribution in [0.4, 0.5) is 17.6 Å². The smallest absolute Gasteiger partial charge is 0.346 e. The van der Waals surface area contributed by atoms with Crippen LogP contribution in [0.25, 0.3) is 0 Å². The quantitative estimate of drug-likeness (QED) is 0.504. The molecule has 0 aliphatic heterocycles. The molecular weight excluding hydrogens is 496 g/mol. The van der Waals surface area contributed by atoms with E-state index in [-0.39, 0.29) is 16.8 Å². The molecule has 0 fully saturated rings. The van der Waals surface area contributed by atoms with E-state index in [2.05, 4.69) is 26.3 Å². The van der Waals surface area contributed by atoms with Gasteiger partial charge < -0.3 is 5.32 Å². The van der Waals surface area contributed by atoms with E-state index < -0.39 is 41.2 Å². The average Bonchev–Trinajstić information content (AvgIpc) is 2.96. The number of carbonyl (C=O) groups is 1. The van der Waals surface area contributed by atoms with Crippen molar-refractivity contribution in [2.75, 3.05) is 0 Å². The van der Waals surface area contributed by atoms with Crippen molar-refractivity contribution in [2.24, 2.45) is 0 Å². The van der Waals surface area contributed by atoms with Crippen molar-refractivity contribution in [3.8, 4) is 0 Å². The maximum atomic E-state index is 13.9. The second kappa shape index (κ2) is 8.89. The summed E-state index contributed by atoms with van der Waals surface area (Å²) in [4.78, 5) is 25.2. The normalized spacial score (nSPS) is 12.1. The van der Waals surface area contributed by atoms with Crippen LogP contribution in [0.1, 0.15) is 30.5 Å². The van der Waals surface area contributed by atoms with E-state index in [1.165, 1.54) is 34.9 Å². The second-order valence-corrected chi connectivity index (χ2v) is 8.34. The van der Waals surface area contributed by atoms with E-state index in [1.54, 1.807) is 19.9 Å². The zero-order valence-electron chi connectivity index (χ0n) is 17.1. The molecule has 0 unspecified atom stereocenters. The number of rotatable bonds is 6. The lowest BCUT2D eigenvalue weighted by atomic mass is 9.93. The van der Waals surface area contributed by atoms with Gasteiger partial charge in [-0.2, -0.15) is 13.2 Å². The Morgan fingerprint density at radius 3 is 2.25 bits per heavy atom. The Morgan fingerprint density at radius 2 is 1.66 bits per heavy atom. The summed E-state index contributed by atoms with van der Waals surface area (Å²) in [5, 5.41) is 6.68. The number of alkyl halides is 3. The minimum atomic E-state index is -4.46. The van der Waals surface area contributed by atoms with Gasteiger partial charge in [0, 0.05) is 5.56 Å². The third-order valence-electron chi connectivity index (χ3n) is 4.84. The largest absolute Gasteiger partial charge is 0.416 e. The second-order valence-electron chi connectivity index (χ2n) is 7.64. The summed E-state index contributed by atoms with van der Waals surface area (Å²) >= 11 is 3.15. The molecule has 1 N–H and O–H groups in total. The summed E-state index contributed by atoms with van der Waals surface area (Å²) in [6.45, 7) is 2.75. The topological polar surface area (TPSA) is 68.9 Å². The number of nitrogens with zero attached hydrogens (tertiary/aromatic N) is 3. The van der Waals surface area contributed by atoms with Crippen molar-refractivity contribution in [1.82, 2.24) is 19.7 Å². The lowest BCUT2D eigenvalue weighted by Crippen LogP contribution is -2.44. The molecule has 6 nitrogen and oxygen atoms in total. The predicted molar refractivity (Wildman–Crippen MR) is 112 cm³/mol. The van der Waals surface area contributed by atoms with Crippen LogP contribution in [0.3, 0.4) is 0 Å². The zero-order chi connectivity index (χ0) is 23.7. The van der Waals surface area contributed by atoms with Gasteiger partial charge in [-0.05, 0) is 53.5 Å². The minimum absolute atomic E-state index is 0.0786. The fraction of sp³-hybridized carbons (Fsp3) is 0.286. The Kier molecular flexibility index (Phi) is 6.59. The zero-order valence-corrected chi connectivity index (χ0v) is 18.7. The molecule has 1 amide bonds. The predicted octanol–water partition coefficient (Wildman–Crippen LogP) is 4.07. The van der Waals surface area contributed by atoms with E-state index in [9.17, 15) is 27.2 Å². The SMILES string of the molecule is CC(C)(NC(=O)Cn1nc(Br)n(Cc2ccccc2F)c1=O)c1ccc(C(F)(F)F)cc1. The lowest BCUT2D eigenvalue weighted by Gasteiger charge is -2.27. The third-order valence-corrected chi connectivity index (χ3v) is 5.43. The molecule has 0 aliphatic carbocycles. The van der Waals surface area contributed by atoms with E-state index in [1.807, 2.05) is 0 Å². The van der Waals surface area contributed by atoms with Gasteiger partial charge >= 0.3 is 11.9 Å². The highest BCUT2D eigenvalue weighted by molar-refractivity contribution is 9.10. The Labute approximate surface area is 189 Å². The lowest BCUT2D eigenvalue weighted by molar-refractivity contribution is -0.137. The van der Waals surface area contributed by atoms with Crippen LogP contribution in [0.2, 0.25) is 0 Å².